The molecule has 7 heteroatoms. The second-order valence-corrected chi connectivity index (χ2v) is 4.48. The third-order valence-electron chi connectivity index (χ3n) is 3.24. The number of nitrogens with zero attached hydrogens (tertiary/aromatic N) is 1. The summed E-state index contributed by atoms with van der Waals surface area (Å²) in [5.41, 5.74) is 0. The number of ether oxygens (including phenoxy) is 1. The summed E-state index contributed by atoms with van der Waals surface area (Å²) >= 11 is 0. The SMILES string of the molecule is CCC(NC(=O)N1CCCCC1C(=O)OC)C(=O)O. The van der Waals surface area contributed by atoms with Crippen LogP contribution in [0.4, 0.5) is 4.79 Å². The minimum absolute atomic E-state index is 0.289. The standard InChI is InChI=1S/C12H20N2O5/c1-3-8(10(15)16)13-12(18)14-7-5-4-6-9(14)11(17)19-2/h8-9H,3-7H2,1-2H3,(H,13,18)(H,15,16). The molecule has 1 heterocycles. The number of esters is 1. The summed E-state index contributed by atoms with van der Waals surface area (Å²) in [7, 11) is 1.28. The first-order valence-electron chi connectivity index (χ1n) is 6.39. The summed E-state index contributed by atoms with van der Waals surface area (Å²) in [6, 6.07) is -2.08. The lowest BCUT2D eigenvalue weighted by Crippen LogP contribution is -2.55. The first-order valence-corrected chi connectivity index (χ1v) is 6.39. The number of carboxylic acid groups (broad SMARTS) is 1. The Morgan fingerprint density at radius 1 is 1.42 bits per heavy atom. The Balaban J connectivity index is 2.71. The number of rotatable bonds is 4. The van der Waals surface area contributed by atoms with Gasteiger partial charge in [-0.25, -0.2) is 14.4 Å². The van der Waals surface area contributed by atoms with Crippen LogP contribution in [-0.4, -0.2) is 53.7 Å². The van der Waals surface area contributed by atoms with Crippen molar-refractivity contribution in [2.75, 3.05) is 13.7 Å². The summed E-state index contributed by atoms with van der Waals surface area (Å²) in [4.78, 5) is 35.9. The van der Waals surface area contributed by atoms with Gasteiger partial charge in [0.25, 0.3) is 0 Å². The molecule has 2 atom stereocenters. The molecular formula is C12H20N2O5. The van der Waals surface area contributed by atoms with Gasteiger partial charge < -0.3 is 20.1 Å². The van der Waals surface area contributed by atoms with Crippen LogP contribution in [0, 0.1) is 0 Å². The molecular weight excluding hydrogens is 252 g/mol. The molecule has 0 aromatic carbocycles. The number of carboxylic acids is 1. The van der Waals surface area contributed by atoms with Crippen molar-refractivity contribution in [1.82, 2.24) is 10.2 Å². The predicted molar refractivity (Wildman–Crippen MR) is 66.6 cm³/mol. The quantitative estimate of drug-likeness (QED) is 0.730. The predicted octanol–water partition coefficient (Wildman–Crippen LogP) is 0.587. The lowest BCUT2D eigenvalue weighted by Gasteiger charge is -2.34. The number of piperidine rings is 1. The van der Waals surface area contributed by atoms with E-state index in [9.17, 15) is 14.4 Å². The molecule has 0 saturated carbocycles. The number of hydrogen-bond donors (Lipinski definition) is 2. The van der Waals surface area contributed by atoms with E-state index >= 15 is 0 Å². The number of urea groups is 1. The number of hydrogen-bond acceptors (Lipinski definition) is 4. The van der Waals surface area contributed by atoms with Gasteiger partial charge in [0.2, 0.25) is 0 Å². The zero-order chi connectivity index (χ0) is 14.4. The van der Waals surface area contributed by atoms with Crippen LogP contribution >= 0.6 is 0 Å². The van der Waals surface area contributed by atoms with E-state index < -0.39 is 30.1 Å². The van der Waals surface area contributed by atoms with E-state index in [1.807, 2.05) is 0 Å². The molecule has 1 fully saturated rings. The average Bonchev–Trinajstić information content (AvgIpc) is 2.43. The molecule has 0 bridgehead atoms. The van der Waals surface area contributed by atoms with E-state index in [0.717, 1.165) is 12.8 Å². The van der Waals surface area contributed by atoms with Crippen LogP contribution in [0.5, 0.6) is 0 Å². The fourth-order valence-corrected chi connectivity index (χ4v) is 2.13. The van der Waals surface area contributed by atoms with E-state index in [2.05, 4.69) is 10.1 Å². The number of methoxy groups -OCH3 is 1. The minimum Gasteiger partial charge on any atom is -0.480 e. The Labute approximate surface area is 111 Å². The molecule has 108 valence electrons. The van der Waals surface area contributed by atoms with Crippen molar-refractivity contribution in [2.24, 2.45) is 0 Å². The van der Waals surface area contributed by atoms with Crippen molar-refractivity contribution in [2.45, 2.75) is 44.7 Å². The molecule has 0 radical (unpaired) electrons. The maximum absolute atomic E-state index is 12.0. The van der Waals surface area contributed by atoms with Gasteiger partial charge in [-0.2, -0.15) is 0 Å². The molecule has 1 saturated heterocycles. The molecule has 2 amide bonds. The van der Waals surface area contributed by atoms with Gasteiger partial charge in [0.1, 0.15) is 12.1 Å². The zero-order valence-electron chi connectivity index (χ0n) is 11.2. The van der Waals surface area contributed by atoms with Gasteiger partial charge in [-0.3, -0.25) is 0 Å². The van der Waals surface area contributed by atoms with Gasteiger partial charge in [0.05, 0.1) is 7.11 Å². The highest BCUT2D eigenvalue weighted by Gasteiger charge is 2.34. The molecule has 1 aliphatic heterocycles. The largest absolute Gasteiger partial charge is 0.480 e. The highest BCUT2D eigenvalue weighted by molar-refractivity contribution is 5.86. The lowest BCUT2D eigenvalue weighted by atomic mass is 10.0. The molecule has 0 spiro atoms. The van der Waals surface area contributed by atoms with E-state index in [0.29, 0.717) is 13.0 Å². The van der Waals surface area contributed by atoms with Gasteiger partial charge in [-0.05, 0) is 25.7 Å². The topological polar surface area (TPSA) is 95.9 Å². The number of nitrogens with one attached hydrogen (secondary N) is 1. The fourth-order valence-electron chi connectivity index (χ4n) is 2.13. The Bertz CT molecular complexity index is 358. The van der Waals surface area contributed by atoms with E-state index in [1.54, 1.807) is 6.92 Å². The second kappa shape index (κ2) is 6.96. The summed E-state index contributed by atoms with van der Waals surface area (Å²) in [6.07, 6.45) is 2.48. The highest BCUT2D eigenvalue weighted by Crippen LogP contribution is 2.18. The van der Waals surface area contributed by atoms with Crippen molar-refractivity contribution >= 4 is 18.0 Å². The van der Waals surface area contributed by atoms with E-state index in [1.165, 1.54) is 12.0 Å². The van der Waals surface area contributed by atoms with Crippen LogP contribution in [0.25, 0.3) is 0 Å². The number of aliphatic carboxylic acids is 1. The first kappa shape index (κ1) is 15.3. The van der Waals surface area contributed by atoms with Gasteiger partial charge in [-0.1, -0.05) is 6.92 Å². The van der Waals surface area contributed by atoms with Gasteiger partial charge in [0, 0.05) is 6.54 Å². The summed E-state index contributed by atoms with van der Waals surface area (Å²) in [5.74, 6) is -1.54. The molecule has 7 nitrogen and oxygen atoms in total. The molecule has 0 aromatic heterocycles. The molecule has 2 N–H and O–H groups in total. The van der Waals surface area contributed by atoms with E-state index in [4.69, 9.17) is 5.11 Å². The highest BCUT2D eigenvalue weighted by atomic mass is 16.5. The van der Waals surface area contributed by atoms with Gasteiger partial charge in [-0.15, -0.1) is 0 Å². The Morgan fingerprint density at radius 2 is 2.11 bits per heavy atom. The number of carbonyl (C=O) groups excluding carboxylic acids is 2. The normalized spacial score (nSPS) is 20.5. The molecule has 1 aliphatic rings. The molecule has 0 aromatic rings. The summed E-state index contributed by atoms with van der Waals surface area (Å²) in [6.45, 7) is 2.11. The van der Waals surface area contributed by atoms with Crippen molar-refractivity contribution in [3.63, 3.8) is 0 Å². The lowest BCUT2D eigenvalue weighted by molar-refractivity contribution is -0.146. The van der Waals surface area contributed by atoms with Crippen LogP contribution in [0.15, 0.2) is 0 Å². The summed E-state index contributed by atoms with van der Waals surface area (Å²) in [5, 5.41) is 11.3. The third-order valence-corrected chi connectivity index (χ3v) is 3.24. The molecule has 2 unspecified atom stereocenters. The van der Waals surface area contributed by atoms with Crippen molar-refractivity contribution in [3.8, 4) is 0 Å². The van der Waals surface area contributed by atoms with Gasteiger partial charge in [0.15, 0.2) is 0 Å². The molecule has 19 heavy (non-hydrogen) atoms. The first-order chi connectivity index (χ1) is 9.01. The molecule has 1 rings (SSSR count). The van der Waals surface area contributed by atoms with E-state index in [-0.39, 0.29) is 6.42 Å². The van der Waals surface area contributed by atoms with Crippen molar-refractivity contribution in [1.29, 1.82) is 0 Å². The van der Waals surface area contributed by atoms with Crippen LogP contribution in [-0.2, 0) is 14.3 Å². The maximum atomic E-state index is 12.0. The van der Waals surface area contributed by atoms with Crippen LogP contribution in [0.2, 0.25) is 0 Å². The zero-order valence-corrected chi connectivity index (χ0v) is 11.2. The van der Waals surface area contributed by atoms with Crippen LogP contribution in [0.1, 0.15) is 32.6 Å². The number of amides is 2. The monoisotopic (exact) mass is 272 g/mol. The van der Waals surface area contributed by atoms with Crippen LogP contribution in [0.3, 0.4) is 0 Å². The van der Waals surface area contributed by atoms with Gasteiger partial charge >= 0.3 is 18.0 Å². The maximum Gasteiger partial charge on any atom is 0.328 e. The smallest absolute Gasteiger partial charge is 0.328 e. The number of likely N-dealkylation sites (tertiary alicyclic amines) is 1. The Hall–Kier alpha value is -1.79. The fraction of sp³-hybridized carbons (Fsp3) is 0.750. The number of carbonyl (C=O) groups is 3. The minimum atomic E-state index is -1.08. The average molecular weight is 272 g/mol. The Morgan fingerprint density at radius 3 is 2.63 bits per heavy atom. The summed E-state index contributed by atoms with van der Waals surface area (Å²) < 4.78 is 4.67. The Kier molecular flexibility index (Phi) is 5.59. The molecule has 0 aliphatic carbocycles. The van der Waals surface area contributed by atoms with Crippen LogP contribution < -0.4 is 5.32 Å². The second-order valence-electron chi connectivity index (χ2n) is 4.48. The van der Waals surface area contributed by atoms with Crippen molar-refractivity contribution < 1.29 is 24.2 Å². The third kappa shape index (κ3) is 3.84. The van der Waals surface area contributed by atoms with Crippen molar-refractivity contribution in [3.05, 3.63) is 0 Å².